The van der Waals surface area contributed by atoms with Gasteiger partial charge in [0.2, 0.25) is 0 Å². The van der Waals surface area contributed by atoms with Gasteiger partial charge >= 0.3 is 0 Å². The fourth-order valence-electron chi connectivity index (χ4n) is 2.66. The summed E-state index contributed by atoms with van der Waals surface area (Å²) >= 11 is 12.0. The highest BCUT2D eigenvalue weighted by Crippen LogP contribution is 2.23. The standard InChI is InChI=1S/C16H17Cl2N3O2/c1-11-8-13(19-23-11)10-20-4-6-21(7-5-20)16(22)14-3-2-12(17)9-15(14)18/h2-3,8-9H,4-7,10H2,1H3. The van der Waals surface area contributed by atoms with Crippen LogP contribution in [0.2, 0.25) is 10.0 Å². The summed E-state index contributed by atoms with van der Waals surface area (Å²) in [6, 6.07) is 6.89. The number of hydrogen-bond donors (Lipinski definition) is 0. The van der Waals surface area contributed by atoms with Crippen LogP contribution in [0.5, 0.6) is 0 Å². The minimum absolute atomic E-state index is 0.0522. The summed E-state index contributed by atoms with van der Waals surface area (Å²) < 4.78 is 5.08. The van der Waals surface area contributed by atoms with Crippen molar-refractivity contribution in [3.8, 4) is 0 Å². The first-order chi connectivity index (χ1) is 11.0. The lowest BCUT2D eigenvalue weighted by Gasteiger charge is -2.34. The van der Waals surface area contributed by atoms with Gasteiger partial charge in [0, 0.05) is 43.8 Å². The molecule has 0 radical (unpaired) electrons. The maximum absolute atomic E-state index is 12.6. The summed E-state index contributed by atoms with van der Waals surface area (Å²) in [5.41, 5.74) is 1.42. The molecule has 1 aliphatic heterocycles. The zero-order chi connectivity index (χ0) is 16.4. The first kappa shape index (κ1) is 16.3. The molecule has 0 saturated carbocycles. The van der Waals surface area contributed by atoms with Crippen LogP contribution in [0.3, 0.4) is 0 Å². The highest BCUT2D eigenvalue weighted by Gasteiger charge is 2.24. The molecule has 0 N–H and O–H groups in total. The van der Waals surface area contributed by atoms with E-state index in [1.54, 1.807) is 18.2 Å². The van der Waals surface area contributed by atoms with Gasteiger partial charge in [-0.25, -0.2) is 0 Å². The van der Waals surface area contributed by atoms with Gasteiger partial charge in [-0.1, -0.05) is 28.4 Å². The van der Waals surface area contributed by atoms with Crippen molar-refractivity contribution in [3.05, 3.63) is 51.3 Å². The fraction of sp³-hybridized carbons (Fsp3) is 0.375. The summed E-state index contributed by atoms with van der Waals surface area (Å²) in [5, 5.41) is 4.92. The lowest BCUT2D eigenvalue weighted by Crippen LogP contribution is -2.48. The fourth-order valence-corrected chi connectivity index (χ4v) is 3.15. The van der Waals surface area contributed by atoms with Crippen molar-refractivity contribution in [2.75, 3.05) is 26.2 Å². The largest absolute Gasteiger partial charge is 0.361 e. The molecular weight excluding hydrogens is 337 g/mol. The second-order valence-electron chi connectivity index (χ2n) is 5.62. The molecule has 0 aliphatic carbocycles. The van der Waals surface area contributed by atoms with Crippen molar-refractivity contribution >= 4 is 29.1 Å². The Hall–Kier alpha value is -1.56. The number of carbonyl (C=O) groups is 1. The minimum atomic E-state index is -0.0522. The number of piperazine rings is 1. The average molecular weight is 354 g/mol. The number of amides is 1. The van der Waals surface area contributed by atoms with Crippen LogP contribution in [-0.2, 0) is 6.54 Å². The molecule has 1 amide bonds. The van der Waals surface area contributed by atoms with Gasteiger partial charge in [0.15, 0.2) is 0 Å². The maximum Gasteiger partial charge on any atom is 0.255 e. The van der Waals surface area contributed by atoms with Gasteiger partial charge in [-0.15, -0.1) is 0 Å². The van der Waals surface area contributed by atoms with Crippen molar-refractivity contribution < 1.29 is 9.32 Å². The number of aromatic nitrogens is 1. The molecule has 2 aromatic rings. The Morgan fingerprint density at radius 1 is 1.22 bits per heavy atom. The first-order valence-electron chi connectivity index (χ1n) is 7.42. The van der Waals surface area contributed by atoms with E-state index in [-0.39, 0.29) is 5.91 Å². The zero-order valence-electron chi connectivity index (χ0n) is 12.8. The number of nitrogens with zero attached hydrogens (tertiary/aromatic N) is 3. The number of halogens is 2. The summed E-state index contributed by atoms with van der Waals surface area (Å²) in [7, 11) is 0. The Labute approximate surface area is 144 Å². The van der Waals surface area contributed by atoms with Crippen molar-refractivity contribution in [2.45, 2.75) is 13.5 Å². The van der Waals surface area contributed by atoms with Gasteiger partial charge in [0.25, 0.3) is 5.91 Å². The Balaban J connectivity index is 1.59. The molecule has 1 aromatic heterocycles. The molecule has 1 aliphatic rings. The van der Waals surface area contributed by atoms with E-state index in [0.29, 0.717) is 28.7 Å². The van der Waals surface area contributed by atoms with Crippen LogP contribution in [0, 0.1) is 6.92 Å². The van der Waals surface area contributed by atoms with E-state index in [9.17, 15) is 4.79 Å². The van der Waals surface area contributed by atoms with Crippen LogP contribution in [-0.4, -0.2) is 47.0 Å². The predicted octanol–water partition coefficient (Wildman–Crippen LogP) is 3.25. The number of benzene rings is 1. The molecule has 0 spiro atoms. The van der Waals surface area contributed by atoms with Crippen LogP contribution in [0.4, 0.5) is 0 Å². The molecule has 1 saturated heterocycles. The van der Waals surface area contributed by atoms with E-state index in [4.69, 9.17) is 27.7 Å². The number of hydrogen-bond acceptors (Lipinski definition) is 4. The normalized spacial score (nSPS) is 15.9. The third-order valence-corrected chi connectivity index (χ3v) is 4.43. The summed E-state index contributed by atoms with van der Waals surface area (Å²) in [6.07, 6.45) is 0. The zero-order valence-corrected chi connectivity index (χ0v) is 14.3. The third-order valence-electron chi connectivity index (χ3n) is 3.88. The van der Waals surface area contributed by atoms with Crippen molar-refractivity contribution in [1.82, 2.24) is 15.0 Å². The van der Waals surface area contributed by atoms with Crippen LogP contribution in [0.25, 0.3) is 0 Å². The van der Waals surface area contributed by atoms with Crippen LogP contribution < -0.4 is 0 Å². The average Bonchev–Trinajstić information content (AvgIpc) is 2.92. The van der Waals surface area contributed by atoms with Crippen molar-refractivity contribution in [1.29, 1.82) is 0 Å². The minimum Gasteiger partial charge on any atom is -0.361 e. The monoisotopic (exact) mass is 353 g/mol. The smallest absolute Gasteiger partial charge is 0.255 e. The SMILES string of the molecule is Cc1cc(CN2CCN(C(=O)c3ccc(Cl)cc3Cl)CC2)no1. The molecule has 1 aromatic carbocycles. The summed E-state index contributed by atoms with van der Waals surface area (Å²) in [6.45, 7) is 5.53. The van der Waals surface area contributed by atoms with Gasteiger partial charge in [-0.2, -0.15) is 0 Å². The van der Waals surface area contributed by atoms with Crippen LogP contribution >= 0.6 is 23.2 Å². The molecule has 5 nitrogen and oxygen atoms in total. The Bertz CT molecular complexity index is 709. The molecule has 122 valence electrons. The summed E-state index contributed by atoms with van der Waals surface area (Å²) in [5.74, 6) is 0.759. The second-order valence-corrected chi connectivity index (χ2v) is 6.47. The lowest BCUT2D eigenvalue weighted by molar-refractivity contribution is 0.0626. The third kappa shape index (κ3) is 3.86. The van der Waals surface area contributed by atoms with Gasteiger partial charge in [-0.05, 0) is 25.1 Å². The summed E-state index contributed by atoms with van der Waals surface area (Å²) in [4.78, 5) is 16.6. The van der Waals surface area contributed by atoms with Gasteiger partial charge < -0.3 is 9.42 Å². The second kappa shape index (κ2) is 6.91. The van der Waals surface area contributed by atoms with E-state index >= 15 is 0 Å². The van der Waals surface area contributed by atoms with E-state index in [2.05, 4.69) is 10.1 Å². The predicted molar refractivity (Wildman–Crippen MR) is 88.9 cm³/mol. The Morgan fingerprint density at radius 2 is 1.96 bits per heavy atom. The van der Waals surface area contributed by atoms with E-state index < -0.39 is 0 Å². The Morgan fingerprint density at radius 3 is 2.57 bits per heavy atom. The molecular formula is C16H17Cl2N3O2. The van der Waals surface area contributed by atoms with Crippen LogP contribution in [0.15, 0.2) is 28.8 Å². The Kier molecular flexibility index (Phi) is 4.90. The van der Waals surface area contributed by atoms with Gasteiger partial charge in [0.05, 0.1) is 16.3 Å². The van der Waals surface area contributed by atoms with E-state index in [1.807, 2.05) is 17.9 Å². The highest BCUT2D eigenvalue weighted by atomic mass is 35.5. The molecule has 3 rings (SSSR count). The first-order valence-corrected chi connectivity index (χ1v) is 8.17. The lowest BCUT2D eigenvalue weighted by atomic mass is 10.1. The molecule has 0 atom stereocenters. The molecule has 0 unspecified atom stereocenters. The highest BCUT2D eigenvalue weighted by molar-refractivity contribution is 6.36. The quantitative estimate of drug-likeness (QED) is 0.849. The van der Waals surface area contributed by atoms with E-state index in [0.717, 1.165) is 31.1 Å². The topological polar surface area (TPSA) is 49.6 Å². The molecule has 23 heavy (non-hydrogen) atoms. The molecule has 7 heteroatoms. The number of aryl methyl sites for hydroxylation is 1. The molecule has 1 fully saturated rings. The molecule has 2 heterocycles. The van der Waals surface area contributed by atoms with Crippen molar-refractivity contribution in [2.24, 2.45) is 0 Å². The maximum atomic E-state index is 12.6. The molecule has 0 bridgehead atoms. The van der Waals surface area contributed by atoms with Crippen LogP contribution in [0.1, 0.15) is 21.8 Å². The van der Waals surface area contributed by atoms with Gasteiger partial charge in [-0.3, -0.25) is 9.69 Å². The number of rotatable bonds is 3. The number of carbonyl (C=O) groups excluding carboxylic acids is 1. The van der Waals surface area contributed by atoms with Gasteiger partial charge in [0.1, 0.15) is 5.76 Å². The van der Waals surface area contributed by atoms with E-state index in [1.165, 1.54) is 0 Å². The van der Waals surface area contributed by atoms with Crippen molar-refractivity contribution in [3.63, 3.8) is 0 Å².